The van der Waals surface area contributed by atoms with Gasteiger partial charge in [-0.05, 0) is 62.3 Å². The van der Waals surface area contributed by atoms with Crippen LogP contribution >= 0.6 is 23.7 Å². The smallest absolute Gasteiger partial charge is 0.0976 e. The van der Waals surface area contributed by atoms with Crippen molar-refractivity contribution in [2.24, 2.45) is 5.73 Å². The summed E-state index contributed by atoms with van der Waals surface area (Å²) < 4.78 is 0. The lowest BCUT2D eigenvalue weighted by atomic mass is 9.94. The predicted octanol–water partition coefficient (Wildman–Crippen LogP) is 6.42. The second-order valence-electron chi connectivity index (χ2n) is 7.58. The number of benzene rings is 2. The summed E-state index contributed by atoms with van der Waals surface area (Å²) in [6, 6.07) is 13.6. The molecule has 3 aromatic rings. The van der Waals surface area contributed by atoms with Crippen LogP contribution < -0.4 is 5.73 Å². The van der Waals surface area contributed by atoms with Crippen molar-refractivity contribution < 1.29 is 0 Å². The molecule has 3 rings (SSSR count). The number of thiazole rings is 1. The van der Waals surface area contributed by atoms with Crippen LogP contribution in [-0.2, 0) is 12.8 Å². The van der Waals surface area contributed by atoms with Crippen molar-refractivity contribution in [3.05, 3.63) is 74.6 Å². The molecule has 1 unspecified atom stereocenters. The zero-order valence-corrected chi connectivity index (χ0v) is 18.9. The molecular formula is C24H31ClN2S. The molecule has 2 N–H and O–H groups in total. The van der Waals surface area contributed by atoms with Crippen LogP contribution in [0.4, 0.5) is 0 Å². The lowest BCUT2D eigenvalue weighted by Gasteiger charge is -2.14. The summed E-state index contributed by atoms with van der Waals surface area (Å²) in [4.78, 5) is 4.87. The second-order valence-corrected chi connectivity index (χ2v) is 8.52. The van der Waals surface area contributed by atoms with Crippen molar-refractivity contribution in [1.82, 2.24) is 4.98 Å². The van der Waals surface area contributed by atoms with Gasteiger partial charge in [0.1, 0.15) is 0 Å². The fraction of sp³-hybridized carbons (Fsp3) is 0.375. The fourth-order valence-corrected chi connectivity index (χ4v) is 4.18. The van der Waals surface area contributed by atoms with Crippen LogP contribution in [0, 0.1) is 20.8 Å². The monoisotopic (exact) mass is 414 g/mol. The highest BCUT2D eigenvalue weighted by molar-refractivity contribution is 7.10. The maximum Gasteiger partial charge on any atom is 0.0976 e. The van der Waals surface area contributed by atoms with Gasteiger partial charge < -0.3 is 5.73 Å². The van der Waals surface area contributed by atoms with Crippen molar-refractivity contribution in [3.63, 3.8) is 0 Å². The molecule has 0 aliphatic carbocycles. The predicted molar refractivity (Wildman–Crippen MR) is 125 cm³/mol. The summed E-state index contributed by atoms with van der Waals surface area (Å²) in [7, 11) is 0. The first-order valence-corrected chi connectivity index (χ1v) is 10.7. The summed E-state index contributed by atoms with van der Waals surface area (Å²) in [6.45, 7) is 8.70. The van der Waals surface area contributed by atoms with Gasteiger partial charge in [-0.2, -0.15) is 0 Å². The summed E-state index contributed by atoms with van der Waals surface area (Å²) >= 11 is 1.75. The highest BCUT2D eigenvalue weighted by Crippen LogP contribution is 2.26. The van der Waals surface area contributed by atoms with Crippen LogP contribution in [-0.4, -0.2) is 11.0 Å². The van der Waals surface area contributed by atoms with E-state index in [0.717, 1.165) is 31.4 Å². The molecule has 1 heterocycles. The van der Waals surface area contributed by atoms with E-state index in [9.17, 15) is 0 Å². The molecule has 2 aromatic carbocycles. The van der Waals surface area contributed by atoms with E-state index >= 15 is 0 Å². The first-order chi connectivity index (χ1) is 13.0. The first kappa shape index (κ1) is 22.6. The zero-order chi connectivity index (χ0) is 19.4. The van der Waals surface area contributed by atoms with Gasteiger partial charge in [0.2, 0.25) is 0 Å². The number of aryl methyl sites for hydroxylation is 4. The molecule has 0 amide bonds. The molecule has 0 saturated heterocycles. The molecule has 1 atom stereocenters. The van der Waals surface area contributed by atoms with E-state index in [4.69, 9.17) is 10.7 Å². The molecule has 0 radical (unpaired) electrons. The summed E-state index contributed by atoms with van der Waals surface area (Å²) in [6.07, 6.45) is 4.07. The Morgan fingerprint density at radius 1 is 1.00 bits per heavy atom. The summed E-state index contributed by atoms with van der Waals surface area (Å²) in [5.41, 5.74) is 15.2. The standard InChI is InChI=1S/C24H30N2S.ClH/c1-5-22(25)11-10-20-12-18(4)21(13-17(20)3)14-24-26-23(15-27-24)19-8-6-16(2)7-9-19;/h6-9,12-13,15,22H,5,10-11,14,25H2,1-4H3;1H. The van der Waals surface area contributed by atoms with Crippen molar-refractivity contribution >= 4 is 23.7 Å². The van der Waals surface area contributed by atoms with E-state index in [1.165, 1.54) is 38.4 Å². The van der Waals surface area contributed by atoms with Gasteiger partial charge in [0.15, 0.2) is 0 Å². The SMILES string of the molecule is CCC(N)CCc1cc(C)c(Cc2nc(-c3ccc(C)cc3)cs2)cc1C.Cl. The van der Waals surface area contributed by atoms with Crippen LogP contribution in [0.15, 0.2) is 41.8 Å². The van der Waals surface area contributed by atoms with Crippen molar-refractivity contribution in [1.29, 1.82) is 0 Å². The Morgan fingerprint density at radius 2 is 1.64 bits per heavy atom. The first-order valence-electron chi connectivity index (χ1n) is 9.82. The van der Waals surface area contributed by atoms with E-state index in [1.54, 1.807) is 11.3 Å². The molecule has 0 aliphatic heterocycles. The number of halogens is 1. The number of aromatic nitrogens is 1. The third-order valence-corrected chi connectivity index (χ3v) is 6.19. The molecule has 4 heteroatoms. The lowest BCUT2D eigenvalue weighted by molar-refractivity contribution is 0.595. The molecule has 150 valence electrons. The minimum Gasteiger partial charge on any atom is -0.328 e. The Bertz CT molecular complexity index is 899. The van der Waals surface area contributed by atoms with Crippen LogP contribution in [0.1, 0.15) is 52.6 Å². The Kier molecular flexibility index (Phi) is 8.23. The van der Waals surface area contributed by atoms with Gasteiger partial charge in [-0.25, -0.2) is 4.98 Å². The number of nitrogens with zero attached hydrogens (tertiary/aromatic N) is 1. The van der Waals surface area contributed by atoms with Gasteiger partial charge >= 0.3 is 0 Å². The van der Waals surface area contributed by atoms with E-state index in [2.05, 4.69) is 69.5 Å². The fourth-order valence-electron chi connectivity index (χ4n) is 3.35. The maximum atomic E-state index is 6.09. The second kappa shape index (κ2) is 10.2. The zero-order valence-electron chi connectivity index (χ0n) is 17.3. The molecule has 0 saturated carbocycles. The topological polar surface area (TPSA) is 38.9 Å². The largest absolute Gasteiger partial charge is 0.328 e. The molecule has 0 spiro atoms. The number of hydrogen-bond donors (Lipinski definition) is 1. The van der Waals surface area contributed by atoms with E-state index in [0.29, 0.717) is 6.04 Å². The average molecular weight is 415 g/mol. The van der Waals surface area contributed by atoms with Gasteiger partial charge in [0.05, 0.1) is 10.7 Å². The van der Waals surface area contributed by atoms with Gasteiger partial charge in [-0.3, -0.25) is 0 Å². The Morgan fingerprint density at radius 3 is 2.32 bits per heavy atom. The summed E-state index contributed by atoms with van der Waals surface area (Å²) in [5.74, 6) is 0. The maximum absolute atomic E-state index is 6.09. The van der Waals surface area contributed by atoms with Crippen molar-refractivity contribution in [3.8, 4) is 11.3 Å². The Balaban J connectivity index is 0.00000280. The van der Waals surface area contributed by atoms with Crippen molar-refractivity contribution in [2.45, 2.75) is 59.4 Å². The normalized spacial score (nSPS) is 11.9. The van der Waals surface area contributed by atoms with Crippen molar-refractivity contribution in [2.75, 3.05) is 0 Å². The Labute approximate surface area is 179 Å². The van der Waals surface area contributed by atoms with Gasteiger partial charge in [-0.1, -0.05) is 48.9 Å². The molecule has 28 heavy (non-hydrogen) atoms. The molecule has 0 bridgehead atoms. The Hall–Kier alpha value is -1.68. The highest BCUT2D eigenvalue weighted by atomic mass is 35.5. The quantitative estimate of drug-likeness (QED) is 0.484. The van der Waals surface area contributed by atoms with Crippen LogP contribution in [0.25, 0.3) is 11.3 Å². The number of nitrogens with two attached hydrogens (primary N) is 1. The minimum absolute atomic E-state index is 0. The highest BCUT2D eigenvalue weighted by Gasteiger charge is 2.10. The average Bonchev–Trinajstić information content (AvgIpc) is 3.12. The van der Waals surface area contributed by atoms with Gasteiger partial charge in [0.25, 0.3) is 0 Å². The van der Waals surface area contributed by atoms with Gasteiger partial charge in [0, 0.05) is 23.4 Å². The molecule has 0 aliphatic rings. The van der Waals surface area contributed by atoms with E-state index < -0.39 is 0 Å². The van der Waals surface area contributed by atoms with E-state index in [-0.39, 0.29) is 12.4 Å². The van der Waals surface area contributed by atoms with Crippen LogP contribution in [0.2, 0.25) is 0 Å². The van der Waals surface area contributed by atoms with Crippen LogP contribution in [0.3, 0.4) is 0 Å². The van der Waals surface area contributed by atoms with E-state index in [1.807, 2.05) is 0 Å². The molecule has 2 nitrogen and oxygen atoms in total. The summed E-state index contributed by atoms with van der Waals surface area (Å²) in [5, 5.41) is 3.34. The van der Waals surface area contributed by atoms with Crippen LogP contribution in [0.5, 0.6) is 0 Å². The minimum atomic E-state index is 0. The third kappa shape index (κ3) is 5.66. The van der Waals surface area contributed by atoms with Gasteiger partial charge in [-0.15, -0.1) is 23.7 Å². The molecule has 0 fully saturated rings. The molecular weight excluding hydrogens is 384 g/mol. The number of hydrogen-bond acceptors (Lipinski definition) is 3. The molecule has 1 aromatic heterocycles. The number of rotatable bonds is 7. The third-order valence-electron chi connectivity index (χ3n) is 5.34. The lowest BCUT2D eigenvalue weighted by Crippen LogP contribution is -2.19.